The number of para-hydroxylation sites is 1. The van der Waals surface area contributed by atoms with Crippen LogP contribution in [0.4, 0.5) is 16.5 Å². The molecule has 3 aromatic rings. The van der Waals surface area contributed by atoms with Crippen molar-refractivity contribution in [3.05, 3.63) is 70.2 Å². The zero-order chi connectivity index (χ0) is 17.8. The van der Waals surface area contributed by atoms with E-state index in [2.05, 4.69) is 15.6 Å². The number of thiophene rings is 1. The highest BCUT2D eigenvalue weighted by Crippen LogP contribution is 2.29. The second-order valence-corrected chi connectivity index (χ2v) is 6.58. The smallest absolute Gasteiger partial charge is 0.259 e. The fraction of sp³-hybridized carbons (Fsp3) is 0.0556. The van der Waals surface area contributed by atoms with Crippen molar-refractivity contribution >= 4 is 51.1 Å². The Morgan fingerprint density at radius 3 is 2.60 bits per heavy atom. The topological polar surface area (TPSA) is 77.9 Å². The summed E-state index contributed by atoms with van der Waals surface area (Å²) in [5, 5.41) is 16.7. The van der Waals surface area contributed by atoms with Crippen molar-refractivity contribution in [3.8, 4) is 0 Å². The molecule has 1 amide bonds. The Labute approximate surface area is 154 Å². The van der Waals surface area contributed by atoms with E-state index in [9.17, 15) is 4.79 Å². The molecule has 0 fully saturated rings. The molecule has 0 spiro atoms. The highest BCUT2D eigenvalue weighted by Gasteiger charge is 2.20. The van der Waals surface area contributed by atoms with Gasteiger partial charge in [-0.3, -0.25) is 4.79 Å². The number of nitrogens with zero attached hydrogens (tertiary/aromatic N) is 1. The molecule has 0 bridgehead atoms. The van der Waals surface area contributed by atoms with Crippen LogP contribution in [0.15, 0.2) is 54.0 Å². The standard InChI is InChI=1S/C18H15ClN4OS/c1-11(20)15-16(19)13(18(24)23-14-8-5-9-25-14)10-21-17(15)22-12-6-3-2-4-7-12/h2-10,20H,1H3,(H,21,22)(H,23,24). The lowest BCUT2D eigenvalue weighted by atomic mass is 10.1. The van der Waals surface area contributed by atoms with Crippen LogP contribution in [0.2, 0.25) is 5.02 Å². The predicted octanol–water partition coefficient (Wildman–Crippen LogP) is 5.18. The van der Waals surface area contributed by atoms with Crippen LogP contribution in [0.25, 0.3) is 0 Å². The van der Waals surface area contributed by atoms with Gasteiger partial charge < -0.3 is 16.0 Å². The zero-order valence-corrected chi connectivity index (χ0v) is 14.9. The molecule has 0 atom stereocenters. The number of benzene rings is 1. The lowest BCUT2D eigenvalue weighted by Gasteiger charge is -2.14. The Balaban J connectivity index is 1.95. The minimum absolute atomic E-state index is 0.204. The Bertz CT molecular complexity index is 910. The Kier molecular flexibility index (Phi) is 5.11. The average Bonchev–Trinajstić information content (AvgIpc) is 3.08. The third-order valence-electron chi connectivity index (χ3n) is 3.43. The lowest BCUT2D eigenvalue weighted by molar-refractivity contribution is 0.102. The van der Waals surface area contributed by atoms with E-state index in [0.29, 0.717) is 11.4 Å². The summed E-state index contributed by atoms with van der Waals surface area (Å²) in [6.07, 6.45) is 1.42. The van der Waals surface area contributed by atoms with Crippen LogP contribution < -0.4 is 10.6 Å². The molecule has 0 aliphatic rings. The van der Waals surface area contributed by atoms with Gasteiger partial charge in [0.15, 0.2) is 0 Å². The molecule has 7 heteroatoms. The first-order valence-electron chi connectivity index (χ1n) is 7.47. The fourth-order valence-corrected chi connectivity index (χ4v) is 3.25. The molecule has 0 saturated carbocycles. The highest BCUT2D eigenvalue weighted by molar-refractivity contribution is 7.14. The number of rotatable bonds is 5. The molecule has 0 aliphatic heterocycles. The second-order valence-electron chi connectivity index (χ2n) is 5.26. The van der Waals surface area contributed by atoms with Gasteiger partial charge in [0.2, 0.25) is 0 Å². The number of pyridine rings is 1. The van der Waals surface area contributed by atoms with E-state index in [1.807, 2.05) is 41.8 Å². The van der Waals surface area contributed by atoms with Gasteiger partial charge in [0.1, 0.15) is 5.82 Å². The molecule has 1 aromatic carbocycles. The van der Waals surface area contributed by atoms with Crippen LogP contribution in [-0.2, 0) is 0 Å². The monoisotopic (exact) mass is 370 g/mol. The van der Waals surface area contributed by atoms with E-state index in [4.69, 9.17) is 17.0 Å². The summed E-state index contributed by atoms with van der Waals surface area (Å²) in [5.41, 5.74) is 1.69. The van der Waals surface area contributed by atoms with Crippen molar-refractivity contribution < 1.29 is 4.79 Å². The summed E-state index contributed by atoms with van der Waals surface area (Å²) in [6.45, 7) is 1.61. The van der Waals surface area contributed by atoms with Crippen LogP contribution in [0, 0.1) is 5.41 Å². The van der Waals surface area contributed by atoms with E-state index in [1.54, 1.807) is 13.0 Å². The summed E-state index contributed by atoms with van der Waals surface area (Å²) >= 11 is 7.85. The average molecular weight is 371 g/mol. The largest absolute Gasteiger partial charge is 0.340 e. The van der Waals surface area contributed by atoms with Gasteiger partial charge in [0.25, 0.3) is 5.91 Å². The van der Waals surface area contributed by atoms with Gasteiger partial charge in [-0.1, -0.05) is 29.8 Å². The number of carbonyl (C=O) groups is 1. The Hall–Kier alpha value is -2.70. The fourth-order valence-electron chi connectivity index (χ4n) is 2.27. The first kappa shape index (κ1) is 17.1. The summed E-state index contributed by atoms with van der Waals surface area (Å²) in [4.78, 5) is 16.8. The number of carbonyl (C=O) groups excluding carboxylic acids is 1. The molecular formula is C18H15ClN4OS. The van der Waals surface area contributed by atoms with Gasteiger partial charge in [-0.25, -0.2) is 4.98 Å². The third-order valence-corrected chi connectivity index (χ3v) is 4.61. The van der Waals surface area contributed by atoms with E-state index < -0.39 is 0 Å². The van der Waals surface area contributed by atoms with E-state index in [1.165, 1.54) is 17.5 Å². The van der Waals surface area contributed by atoms with E-state index in [-0.39, 0.29) is 22.2 Å². The minimum atomic E-state index is -0.353. The summed E-state index contributed by atoms with van der Waals surface area (Å²) in [5.74, 6) is 0.0880. The van der Waals surface area contributed by atoms with Gasteiger partial charge in [-0.05, 0) is 36.6 Å². The van der Waals surface area contributed by atoms with Crippen molar-refractivity contribution in [2.45, 2.75) is 6.92 Å². The van der Waals surface area contributed by atoms with Crippen LogP contribution in [0.5, 0.6) is 0 Å². The van der Waals surface area contributed by atoms with Gasteiger partial charge in [-0.15, -0.1) is 11.3 Å². The third kappa shape index (κ3) is 3.87. The van der Waals surface area contributed by atoms with Gasteiger partial charge in [0.05, 0.1) is 21.2 Å². The van der Waals surface area contributed by atoms with Gasteiger partial charge in [-0.2, -0.15) is 0 Å². The quantitative estimate of drug-likeness (QED) is 0.541. The summed E-state index contributed by atoms with van der Waals surface area (Å²) < 4.78 is 0. The number of amides is 1. The minimum Gasteiger partial charge on any atom is -0.340 e. The maximum absolute atomic E-state index is 12.5. The number of nitrogens with one attached hydrogen (secondary N) is 3. The number of hydrogen-bond acceptors (Lipinski definition) is 5. The zero-order valence-electron chi connectivity index (χ0n) is 13.3. The lowest BCUT2D eigenvalue weighted by Crippen LogP contribution is -2.15. The van der Waals surface area contributed by atoms with Crippen molar-refractivity contribution in [1.82, 2.24) is 4.98 Å². The van der Waals surface area contributed by atoms with Crippen LogP contribution in [-0.4, -0.2) is 16.6 Å². The normalized spacial score (nSPS) is 10.3. The van der Waals surface area contributed by atoms with Crippen LogP contribution in [0.3, 0.4) is 0 Å². The SMILES string of the molecule is CC(=N)c1c(Nc2ccccc2)ncc(C(=O)Nc2cccs2)c1Cl. The van der Waals surface area contributed by atoms with Crippen molar-refractivity contribution in [3.63, 3.8) is 0 Å². The molecule has 0 unspecified atom stereocenters. The van der Waals surface area contributed by atoms with E-state index >= 15 is 0 Å². The molecule has 3 N–H and O–H groups in total. The molecule has 3 rings (SSSR count). The maximum atomic E-state index is 12.5. The molecule has 0 saturated heterocycles. The van der Waals surface area contributed by atoms with E-state index in [0.717, 1.165) is 10.7 Å². The molecule has 25 heavy (non-hydrogen) atoms. The number of halogens is 1. The first-order valence-corrected chi connectivity index (χ1v) is 8.73. The van der Waals surface area contributed by atoms with Gasteiger partial charge >= 0.3 is 0 Å². The molecule has 126 valence electrons. The molecule has 2 aromatic heterocycles. The number of aromatic nitrogens is 1. The van der Waals surface area contributed by atoms with Gasteiger partial charge in [0, 0.05) is 17.6 Å². The molecule has 5 nitrogen and oxygen atoms in total. The van der Waals surface area contributed by atoms with Crippen LogP contribution in [0.1, 0.15) is 22.8 Å². The van der Waals surface area contributed by atoms with Crippen molar-refractivity contribution in [2.24, 2.45) is 0 Å². The molecule has 0 aliphatic carbocycles. The number of anilines is 3. The molecule has 2 heterocycles. The molecular weight excluding hydrogens is 356 g/mol. The Morgan fingerprint density at radius 2 is 1.96 bits per heavy atom. The first-order chi connectivity index (χ1) is 12.1. The summed E-state index contributed by atoms with van der Waals surface area (Å²) in [7, 11) is 0. The van der Waals surface area contributed by atoms with Crippen molar-refractivity contribution in [1.29, 1.82) is 5.41 Å². The van der Waals surface area contributed by atoms with Crippen LogP contribution >= 0.6 is 22.9 Å². The van der Waals surface area contributed by atoms with Crippen molar-refractivity contribution in [2.75, 3.05) is 10.6 Å². The number of hydrogen-bond donors (Lipinski definition) is 3. The Morgan fingerprint density at radius 1 is 1.20 bits per heavy atom. The highest BCUT2D eigenvalue weighted by atomic mass is 35.5. The second kappa shape index (κ2) is 7.46. The summed E-state index contributed by atoms with van der Waals surface area (Å²) in [6, 6.07) is 13.1. The molecule has 0 radical (unpaired) electrons. The predicted molar refractivity (Wildman–Crippen MR) is 104 cm³/mol. The maximum Gasteiger partial charge on any atom is 0.259 e.